The third-order valence-corrected chi connectivity index (χ3v) is 1.22. The molecule has 68 valence electrons. The van der Waals surface area contributed by atoms with Crippen molar-refractivity contribution < 1.29 is 24.9 Å². The van der Waals surface area contributed by atoms with E-state index >= 15 is 0 Å². The quantitative estimate of drug-likeness (QED) is 0.327. The highest BCUT2D eigenvalue weighted by atomic mass is 16.5. The lowest BCUT2D eigenvalue weighted by molar-refractivity contribution is -0.127. The summed E-state index contributed by atoms with van der Waals surface area (Å²) in [4.78, 5) is 9.92. The van der Waals surface area contributed by atoms with E-state index in [-0.39, 0.29) is 12.9 Å². The molecule has 0 amide bonds. The largest absolute Gasteiger partial charge is 0.444 e. The molecule has 0 bridgehead atoms. The second-order valence-corrected chi connectivity index (χ2v) is 2.11. The van der Waals surface area contributed by atoms with Gasteiger partial charge in [-0.2, -0.15) is 0 Å². The molecule has 0 saturated carbocycles. The van der Waals surface area contributed by atoms with Crippen molar-refractivity contribution in [3.05, 3.63) is 0 Å². The van der Waals surface area contributed by atoms with Crippen molar-refractivity contribution in [1.82, 2.24) is 0 Å². The summed E-state index contributed by atoms with van der Waals surface area (Å²) in [6, 6.07) is 0. The van der Waals surface area contributed by atoms with Gasteiger partial charge < -0.3 is 24.9 Å². The fraction of sp³-hybridized carbons (Fsp3) is 0.571. The minimum absolute atomic E-state index is 0.115. The molecule has 0 aliphatic heterocycles. The number of terminal acetylenes is 1. The monoisotopic (exact) mass is 174 g/mol. The van der Waals surface area contributed by atoms with Crippen molar-refractivity contribution in [3.8, 4) is 12.5 Å². The first-order valence-corrected chi connectivity index (χ1v) is 3.20. The van der Waals surface area contributed by atoms with E-state index in [1.807, 2.05) is 0 Å². The average Bonchev–Trinajstić information content (AvgIpc) is 2.11. The molecule has 0 aromatic rings. The molecule has 3 atom stereocenters. The molecule has 5 nitrogen and oxygen atoms in total. The molecule has 3 N–H and O–H groups in total. The van der Waals surface area contributed by atoms with Crippen molar-refractivity contribution >= 4 is 6.29 Å². The SMILES string of the molecule is C#COC[C@@H](O)[C@@H](O)[C@H](O)C=O. The molecule has 0 rings (SSSR count). The molecule has 0 unspecified atom stereocenters. The van der Waals surface area contributed by atoms with Crippen LogP contribution in [-0.4, -0.2) is 46.5 Å². The maximum atomic E-state index is 9.92. The van der Waals surface area contributed by atoms with Crippen LogP contribution in [0.4, 0.5) is 0 Å². The lowest BCUT2D eigenvalue weighted by Gasteiger charge is -2.17. The second-order valence-electron chi connectivity index (χ2n) is 2.11. The standard InChI is InChI=1S/C7H10O5/c1-2-12-4-6(10)7(11)5(9)3-8/h1,3,5-7,9-11H,4H2/t5-,6-,7+/m1/s1. The minimum Gasteiger partial charge on any atom is -0.444 e. The number of aldehydes is 1. The highest BCUT2D eigenvalue weighted by Crippen LogP contribution is 1.98. The normalized spacial score (nSPS) is 17.2. The summed E-state index contributed by atoms with van der Waals surface area (Å²) < 4.78 is 4.30. The molecule has 0 fully saturated rings. The van der Waals surface area contributed by atoms with E-state index < -0.39 is 18.3 Å². The smallest absolute Gasteiger partial charge is 0.151 e. The average molecular weight is 174 g/mol. The van der Waals surface area contributed by atoms with Gasteiger partial charge in [0.2, 0.25) is 0 Å². The first-order chi connectivity index (χ1) is 5.63. The number of aliphatic hydroxyl groups excluding tert-OH is 3. The molecule has 0 aliphatic carbocycles. The van der Waals surface area contributed by atoms with Gasteiger partial charge in [-0.25, -0.2) is 0 Å². The zero-order valence-corrected chi connectivity index (χ0v) is 6.25. The first-order valence-electron chi connectivity index (χ1n) is 3.20. The molecular formula is C7H10O5. The Bertz CT molecular complexity index is 173. The van der Waals surface area contributed by atoms with Gasteiger partial charge in [-0.1, -0.05) is 6.42 Å². The summed E-state index contributed by atoms with van der Waals surface area (Å²) in [6.45, 7) is -0.331. The molecule has 0 saturated heterocycles. The minimum atomic E-state index is -1.62. The number of carbonyl (C=O) groups is 1. The van der Waals surface area contributed by atoms with Crippen LogP contribution in [0.3, 0.4) is 0 Å². The van der Waals surface area contributed by atoms with Gasteiger partial charge in [0, 0.05) is 0 Å². The Kier molecular flexibility index (Phi) is 5.04. The number of hydrogen-bond donors (Lipinski definition) is 3. The lowest BCUT2D eigenvalue weighted by Crippen LogP contribution is -2.40. The summed E-state index contributed by atoms with van der Waals surface area (Å²) in [5, 5.41) is 26.6. The Morgan fingerprint density at radius 2 is 2.08 bits per heavy atom. The molecule has 0 spiro atoms. The number of hydrogen-bond acceptors (Lipinski definition) is 5. The van der Waals surface area contributed by atoms with E-state index in [1.165, 1.54) is 0 Å². The molecule has 12 heavy (non-hydrogen) atoms. The van der Waals surface area contributed by atoms with Crippen molar-refractivity contribution in [2.75, 3.05) is 6.61 Å². The summed E-state index contributed by atoms with van der Waals surface area (Å²) in [7, 11) is 0. The summed E-state index contributed by atoms with van der Waals surface area (Å²) >= 11 is 0. The van der Waals surface area contributed by atoms with Crippen LogP contribution in [0.1, 0.15) is 0 Å². The summed E-state index contributed by atoms with van der Waals surface area (Å²) in [5.74, 6) is 0. The Balaban J connectivity index is 3.84. The van der Waals surface area contributed by atoms with Gasteiger partial charge in [-0.05, 0) is 0 Å². The zero-order chi connectivity index (χ0) is 9.56. The van der Waals surface area contributed by atoms with Crippen LogP contribution in [0, 0.1) is 12.5 Å². The maximum Gasteiger partial charge on any atom is 0.151 e. The van der Waals surface area contributed by atoms with E-state index in [0.717, 1.165) is 0 Å². The van der Waals surface area contributed by atoms with Crippen molar-refractivity contribution in [1.29, 1.82) is 0 Å². The van der Waals surface area contributed by atoms with Gasteiger partial charge in [-0.15, -0.1) is 0 Å². The van der Waals surface area contributed by atoms with E-state index in [4.69, 9.17) is 15.3 Å². The van der Waals surface area contributed by atoms with Crippen LogP contribution in [0.15, 0.2) is 0 Å². The Morgan fingerprint density at radius 3 is 2.50 bits per heavy atom. The predicted octanol–water partition coefficient (Wildman–Crippen LogP) is -2.12. The Morgan fingerprint density at radius 1 is 1.50 bits per heavy atom. The molecule has 0 radical (unpaired) electrons. The number of aliphatic hydroxyl groups is 3. The van der Waals surface area contributed by atoms with Crippen molar-refractivity contribution in [3.63, 3.8) is 0 Å². The van der Waals surface area contributed by atoms with Crippen LogP contribution >= 0.6 is 0 Å². The van der Waals surface area contributed by atoms with Crippen LogP contribution in [0.2, 0.25) is 0 Å². The van der Waals surface area contributed by atoms with Gasteiger partial charge >= 0.3 is 0 Å². The van der Waals surface area contributed by atoms with E-state index in [1.54, 1.807) is 6.11 Å². The third-order valence-electron chi connectivity index (χ3n) is 1.22. The number of carbonyl (C=O) groups excluding carboxylic acids is 1. The number of rotatable bonds is 5. The highest BCUT2D eigenvalue weighted by Gasteiger charge is 2.24. The fourth-order valence-electron chi connectivity index (χ4n) is 0.540. The van der Waals surface area contributed by atoms with Gasteiger partial charge in [0.25, 0.3) is 0 Å². The van der Waals surface area contributed by atoms with Gasteiger partial charge in [0.15, 0.2) is 6.29 Å². The van der Waals surface area contributed by atoms with Crippen molar-refractivity contribution in [2.45, 2.75) is 18.3 Å². The maximum absolute atomic E-state index is 9.92. The zero-order valence-electron chi connectivity index (χ0n) is 6.25. The van der Waals surface area contributed by atoms with Gasteiger partial charge in [0.05, 0.1) is 0 Å². The summed E-state index contributed by atoms with van der Waals surface area (Å²) in [5.41, 5.74) is 0. The fourth-order valence-corrected chi connectivity index (χ4v) is 0.540. The molecule has 0 aliphatic rings. The third kappa shape index (κ3) is 3.34. The van der Waals surface area contributed by atoms with E-state index in [0.29, 0.717) is 0 Å². The van der Waals surface area contributed by atoms with Gasteiger partial charge in [0.1, 0.15) is 31.0 Å². The second kappa shape index (κ2) is 5.55. The van der Waals surface area contributed by atoms with Crippen LogP contribution in [-0.2, 0) is 9.53 Å². The molecular weight excluding hydrogens is 164 g/mol. The lowest BCUT2D eigenvalue weighted by atomic mass is 10.1. The molecule has 0 aromatic heterocycles. The summed E-state index contributed by atoms with van der Waals surface area (Å²) in [6.07, 6.45) is 2.00. The number of ether oxygens (including phenoxy) is 1. The highest BCUT2D eigenvalue weighted by molar-refractivity contribution is 5.56. The Hall–Kier alpha value is -1.09. The van der Waals surface area contributed by atoms with E-state index in [2.05, 4.69) is 11.2 Å². The van der Waals surface area contributed by atoms with Crippen molar-refractivity contribution in [2.24, 2.45) is 0 Å². The molecule has 5 heteroatoms. The van der Waals surface area contributed by atoms with Crippen LogP contribution in [0.25, 0.3) is 0 Å². The van der Waals surface area contributed by atoms with Gasteiger partial charge in [-0.3, -0.25) is 0 Å². The van der Waals surface area contributed by atoms with Crippen LogP contribution < -0.4 is 0 Å². The molecule has 0 heterocycles. The molecule has 0 aromatic carbocycles. The van der Waals surface area contributed by atoms with Crippen LogP contribution in [0.5, 0.6) is 0 Å². The first kappa shape index (κ1) is 10.9. The Labute approximate surface area is 69.6 Å². The topological polar surface area (TPSA) is 87.0 Å². The van der Waals surface area contributed by atoms with E-state index in [9.17, 15) is 4.79 Å². The predicted molar refractivity (Wildman–Crippen MR) is 38.9 cm³/mol.